The van der Waals surface area contributed by atoms with E-state index in [9.17, 15) is 13.2 Å². The van der Waals surface area contributed by atoms with Gasteiger partial charge in [0, 0.05) is 24.8 Å². The van der Waals surface area contributed by atoms with Gasteiger partial charge in [-0.1, -0.05) is 13.8 Å². The van der Waals surface area contributed by atoms with E-state index >= 15 is 0 Å². The Kier molecular flexibility index (Phi) is 5.14. The minimum absolute atomic E-state index is 0.398. The van der Waals surface area contributed by atoms with Gasteiger partial charge in [0.2, 0.25) is 0 Å². The summed E-state index contributed by atoms with van der Waals surface area (Å²) in [6, 6.07) is 5.91. The number of hydrogen-bond donors (Lipinski definition) is 1. The van der Waals surface area contributed by atoms with Gasteiger partial charge in [0.1, 0.15) is 0 Å². The third-order valence-electron chi connectivity index (χ3n) is 3.79. The number of nitrogens with one attached hydrogen (secondary N) is 1. The second-order valence-electron chi connectivity index (χ2n) is 6.12. The highest BCUT2D eigenvalue weighted by Gasteiger charge is 2.30. The zero-order valence-corrected chi connectivity index (χ0v) is 12.6. The van der Waals surface area contributed by atoms with Crippen molar-refractivity contribution in [1.82, 2.24) is 5.32 Å². The smallest absolute Gasteiger partial charge is 0.370 e. The molecule has 1 aliphatic heterocycles. The van der Waals surface area contributed by atoms with Crippen molar-refractivity contribution in [2.24, 2.45) is 5.92 Å². The van der Waals surface area contributed by atoms with E-state index in [1.54, 1.807) is 12.1 Å². The molecule has 1 unspecified atom stereocenters. The lowest BCUT2D eigenvalue weighted by Gasteiger charge is -2.27. The molecule has 1 aromatic carbocycles. The predicted molar refractivity (Wildman–Crippen MR) is 79.5 cm³/mol. The molecule has 1 atom stereocenters. The number of rotatable bonds is 3. The SMILES string of the molecule is CC(C)CC1CN(c2ccc(C(F)(F)F)cc2)CCCN1. The largest absolute Gasteiger partial charge is 0.416 e. The Morgan fingerprint density at radius 1 is 1.24 bits per heavy atom. The quantitative estimate of drug-likeness (QED) is 0.910. The van der Waals surface area contributed by atoms with Crippen molar-refractivity contribution in [1.29, 1.82) is 0 Å². The summed E-state index contributed by atoms with van der Waals surface area (Å²) < 4.78 is 37.8. The molecule has 2 rings (SSSR count). The van der Waals surface area contributed by atoms with Crippen LogP contribution in [0.4, 0.5) is 18.9 Å². The van der Waals surface area contributed by atoms with Crippen molar-refractivity contribution in [2.45, 2.75) is 38.9 Å². The Bertz CT molecular complexity index is 440. The Balaban J connectivity index is 2.08. The average molecular weight is 300 g/mol. The molecule has 0 radical (unpaired) electrons. The molecule has 0 spiro atoms. The average Bonchev–Trinajstić information content (AvgIpc) is 2.63. The summed E-state index contributed by atoms with van der Waals surface area (Å²) in [5.41, 5.74) is 0.290. The highest BCUT2D eigenvalue weighted by atomic mass is 19.4. The fraction of sp³-hybridized carbons (Fsp3) is 0.625. The van der Waals surface area contributed by atoms with Gasteiger partial charge in [-0.25, -0.2) is 0 Å². The maximum absolute atomic E-state index is 12.6. The Morgan fingerprint density at radius 2 is 1.90 bits per heavy atom. The third-order valence-corrected chi connectivity index (χ3v) is 3.79. The summed E-state index contributed by atoms with van der Waals surface area (Å²) in [7, 11) is 0. The van der Waals surface area contributed by atoms with Crippen LogP contribution in [-0.2, 0) is 6.18 Å². The highest BCUT2D eigenvalue weighted by molar-refractivity contribution is 5.48. The van der Waals surface area contributed by atoms with Gasteiger partial charge in [0.05, 0.1) is 5.56 Å². The zero-order chi connectivity index (χ0) is 15.5. The molecule has 0 aliphatic carbocycles. The molecule has 0 saturated carbocycles. The minimum Gasteiger partial charge on any atom is -0.370 e. The van der Waals surface area contributed by atoms with E-state index in [2.05, 4.69) is 24.1 Å². The van der Waals surface area contributed by atoms with Crippen LogP contribution < -0.4 is 10.2 Å². The zero-order valence-electron chi connectivity index (χ0n) is 12.6. The molecule has 1 aromatic rings. The fourth-order valence-electron chi connectivity index (χ4n) is 2.82. The first-order valence-electron chi connectivity index (χ1n) is 7.52. The Hall–Kier alpha value is -1.23. The van der Waals surface area contributed by atoms with Gasteiger partial charge in [-0.2, -0.15) is 13.2 Å². The van der Waals surface area contributed by atoms with E-state index in [1.807, 2.05) is 0 Å². The first-order chi connectivity index (χ1) is 9.86. The van der Waals surface area contributed by atoms with Crippen molar-refractivity contribution in [3.8, 4) is 0 Å². The van der Waals surface area contributed by atoms with Crippen molar-refractivity contribution in [2.75, 3.05) is 24.5 Å². The van der Waals surface area contributed by atoms with Gasteiger partial charge >= 0.3 is 6.18 Å². The van der Waals surface area contributed by atoms with E-state index in [4.69, 9.17) is 0 Å². The number of halogens is 3. The number of anilines is 1. The summed E-state index contributed by atoms with van der Waals surface area (Å²) in [6.07, 6.45) is -2.17. The first kappa shape index (κ1) is 16.1. The molecule has 0 bridgehead atoms. The van der Waals surface area contributed by atoms with Crippen molar-refractivity contribution in [3.05, 3.63) is 29.8 Å². The van der Waals surface area contributed by atoms with E-state index in [-0.39, 0.29) is 0 Å². The summed E-state index contributed by atoms with van der Waals surface area (Å²) in [6.45, 7) is 7.08. The number of hydrogen-bond acceptors (Lipinski definition) is 2. The topological polar surface area (TPSA) is 15.3 Å². The summed E-state index contributed by atoms with van der Waals surface area (Å²) >= 11 is 0. The van der Waals surface area contributed by atoms with Crippen LogP contribution in [0.2, 0.25) is 0 Å². The van der Waals surface area contributed by atoms with Gasteiger partial charge in [0.25, 0.3) is 0 Å². The summed E-state index contributed by atoms with van der Waals surface area (Å²) in [5, 5.41) is 3.53. The minimum atomic E-state index is -4.26. The number of benzene rings is 1. The van der Waals surface area contributed by atoms with Crippen LogP contribution >= 0.6 is 0 Å². The monoisotopic (exact) mass is 300 g/mol. The van der Waals surface area contributed by atoms with Crippen molar-refractivity contribution in [3.63, 3.8) is 0 Å². The molecular weight excluding hydrogens is 277 g/mol. The molecular formula is C16H23F3N2. The molecule has 1 N–H and O–H groups in total. The Labute approximate surface area is 124 Å². The van der Waals surface area contributed by atoms with Gasteiger partial charge < -0.3 is 10.2 Å². The maximum Gasteiger partial charge on any atom is 0.416 e. The third kappa shape index (κ3) is 4.63. The molecule has 1 saturated heterocycles. The van der Waals surface area contributed by atoms with Crippen LogP contribution in [-0.4, -0.2) is 25.7 Å². The fourth-order valence-corrected chi connectivity index (χ4v) is 2.82. The van der Waals surface area contributed by atoms with Gasteiger partial charge in [-0.05, 0) is 49.6 Å². The van der Waals surface area contributed by atoms with Gasteiger partial charge in [-0.15, -0.1) is 0 Å². The van der Waals surface area contributed by atoms with Crippen molar-refractivity contribution < 1.29 is 13.2 Å². The first-order valence-corrected chi connectivity index (χ1v) is 7.52. The van der Waals surface area contributed by atoms with E-state index in [1.165, 1.54) is 12.1 Å². The van der Waals surface area contributed by atoms with Crippen LogP contribution in [0.25, 0.3) is 0 Å². The lowest BCUT2D eigenvalue weighted by molar-refractivity contribution is -0.137. The van der Waals surface area contributed by atoms with Crippen LogP contribution in [0.1, 0.15) is 32.3 Å². The molecule has 0 aromatic heterocycles. The summed E-state index contributed by atoms with van der Waals surface area (Å²) in [4.78, 5) is 2.19. The molecule has 1 heterocycles. The van der Waals surface area contributed by atoms with Gasteiger partial charge in [-0.3, -0.25) is 0 Å². The van der Waals surface area contributed by atoms with Crippen LogP contribution in [0, 0.1) is 5.92 Å². The summed E-state index contributed by atoms with van der Waals surface area (Å²) in [5.74, 6) is 0.607. The van der Waals surface area contributed by atoms with Crippen LogP contribution in [0.15, 0.2) is 24.3 Å². The van der Waals surface area contributed by atoms with E-state index < -0.39 is 11.7 Å². The van der Waals surface area contributed by atoms with Crippen molar-refractivity contribution >= 4 is 5.69 Å². The predicted octanol–water partition coefficient (Wildman–Crippen LogP) is 3.92. The standard InChI is InChI=1S/C16H23F3N2/c1-12(2)10-14-11-21(9-3-8-20-14)15-6-4-13(5-7-15)16(17,18)19/h4-7,12,14,20H,3,8-11H2,1-2H3. The molecule has 0 amide bonds. The Morgan fingerprint density at radius 3 is 2.48 bits per heavy atom. The second-order valence-corrected chi connectivity index (χ2v) is 6.12. The highest BCUT2D eigenvalue weighted by Crippen LogP contribution is 2.30. The number of alkyl halides is 3. The molecule has 2 nitrogen and oxygen atoms in total. The number of nitrogens with zero attached hydrogens (tertiary/aromatic N) is 1. The van der Waals surface area contributed by atoms with Crippen LogP contribution in [0.3, 0.4) is 0 Å². The lowest BCUT2D eigenvalue weighted by atomic mass is 10.0. The molecule has 118 valence electrons. The normalized spacial score (nSPS) is 20.7. The van der Waals surface area contributed by atoms with E-state index in [0.29, 0.717) is 12.0 Å². The maximum atomic E-state index is 12.6. The van der Waals surface area contributed by atoms with Gasteiger partial charge in [0.15, 0.2) is 0 Å². The second kappa shape index (κ2) is 6.69. The molecule has 1 fully saturated rings. The van der Waals surface area contributed by atoms with E-state index in [0.717, 1.165) is 38.2 Å². The molecule has 21 heavy (non-hydrogen) atoms. The lowest BCUT2D eigenvalue weighted by Crippen LogP contribution is -2.38. The van der Waals surface area contributed by atoms with Crippen LogP contribution in [0.5, 0.6) is 0 Å². The molecule has 5 heteroatoms. The molecule has 1 aliphatic rings.